The Morgan fingerprint density at radius 3 is 1.67 bits per heavy atom. The highest BCUT2D eigenvalue weighted by Crippen LogP contribution is 2.28. The molecule has 0 heterocycles. The highest BCUT2D eigenvalue weighted by molar-refractivity contribution is 6.08. The van der Waals surface area contributed by atoms with E-state index in [1.165, 1.54) is 79.9 Å². The standard InChI is InChI=1S/C31H22N2O10/c1-43-31(42)19-3-2-4-21(13-19)33-26(34)22-11-7-17(18-8-12-23(29(38)39)25(15-18)30(40)41)14-24(22)27(35)32-20-9-5-16(6-10-20)28(36)37/h2-15H,1H3,(H,32,35)(H,33,34)(H,36,37)(H,38,39)(H,40,41). The van der Waals surface area contributed by atoms with E-state index >= 15 is 0 Å². The van der Waals surface area contributed by atoms with Gasteiger partial charge in [0.25, 0.3) is 0 Å². The Labute approximate surface area is 243 Å². The van der Waals surface area contributed by atoms with E-state index in [-0.39, 0.29) is 39.2 Å². The molecule has 0 unspecified atom stereocenters. The predicted molar refractivity (Wildman–Crippen MR) is 155 cm³/mol. The predicted octanol–water partition coefficient (Wildman–Crippen LogP) is 5.51. The Balaban J connectivity index is 1.86. The number of methoxy groups -OCH3 is 1. The summed E-state index contributed by atoms with van der Waals surface area (Å²) in [6.07, 6.45) is 0. The van der Waals surface area contributed by atoms with E-state index < -0.39 is 46.8 Å². The fourth-order valence-corrected chi connectivity index (χ4v) is 4.05. The lowest BCUT2D eigenvalue weighted by molar-refractivity contribution is 0.0598. The molecule has 12 heteroatoms. The van der Waals surface area contributed by atoms with Crippen LogP contribution in [0.1, 0.15) is 52.6 Å². The number of carboxylic acids is 3. The van der Waals surface area contributed by atoms with Gasteiger partial charge in [0.15, 0.2) is 0 Å². The van der Waals surface area contributed by atoms with Crippen LogP contribution in [0, 0.1) is 0 Å². The molecule has 0 aliphatic heterocycles. The molecule has 0 aromatic heterocycles. The second-order valence-corrected chi connectivity index (χ2v) is 8.90. The van der Waals surface area contributed by atoms with Crippen LogP contribution in [-0.2, 0) is 4.74 Å². The van der Waals surface area contributed by atoms with Gasteiger partial charge in [-0.15, -0.1) is 0 Å². The number of nitrogens with zero attached hydrogens (tertiary/aromatic N) is 2. The SMILES string of the molecule is COC(=O)c1cccc(N=C(O)c2ccc(-c3ccc(C(=O)O)c(C(=O)O)c3)cc2C(O)=Nc2ccc(C(=O)O)cc2)c1. The summed E-state index contributed by atoms with van der Waals surface area (Å²) in [4.78, 5) is 54.6. The minimum atomic E-state index is -1.45. The number of ether oxygens (including phenoxy) is 1. The first kappa shape index (κ1) is 29.7. The first-order valence-corrected chi connectivity index (χ1v) is 12.3. The van der Waals surface area contributed by atoms with E-state index in [2.05, 4.69) is 9.98 Å². The summed E-state index contributed by atoms with van der Waals surface area (Å²) in [5.41, 5.74) is 0.243. The van der Waals surface area contributed by atoms with E-state index in [9.17, 15) is 39.6 Å². The molecule has 5 N–H and O–H groups in total. The zero-order chi connectivity index (χ0) is 31.3. The van der Waals surface area contributed by atoms with Gasteiger partial charge in [-0.2, -0.15) is 0 Å². The van der Waals surface area contributed by atoms with Crippen LogP contribution >= 0.6 is 0 Å². The lowest BCUT2D eigenvalue weighted by atomic mass is 9.95. The maximum absolute atomic E-state index is 11.9. The molecule has 0 fully saturated rings. The van der Waals surface area contributed by atoms with Gasteiger partial charge in [-0.25, -0.2) is 29.2 Å². The molecule has 0 aliphatic carbocycles. The monoisotopic (exact) mass is 582 g/mol. The van der Waals surface area contributed by atoms with Gasteiger partial charge in [0.1, 0.15) is 0 Å². The van der Waals surface area contributed by atoms with Crippen LogP contribution in [0.4, 0.5) is 11.4 Å². The smallest absolute Gasteiger partial charge is 0.337 e. The third-order valence-electron chi connectivity index (χ3n) is 6.17. The number of carboxylic acid groups (broad SMARTS) is 3. The van der Waals surface area contributed by atoms with Gasteiger partial charge < -0.3 is 30.3 Å². The number of rotatable bonds is 9. The van der Waals surface area contributed by atoms with Gasteiger partial charge in [0, 0.05) is 11.1 Å². The average molecular weight is 583 g/mol. The molecule has 216 valence electrons. The van der Waals surface area contributed by atoms with Crippen molar-refractivity contribution in [1.29, 1.82) is 0 Å². The second kappa shape index (κ2) is 12.5. The molecule has 0 saturated heterocycles. The number of benzene rings is 4. The summed E-state index contributed by atoms with van der Waals surface area (Å²) in [5.74, 6) is -5.82. The van der Waals surface area contributed by atoms with Crippen LogP contribution in [-0.4, -0.2) is 68.3 Å². The maximum Gasteiger partial charge on any atom is 0.337 e. The molecule has 0 aliphatic rings. The van der Waals surface area contributed by atoms with Crippen molar-refractivity contribution in [2.45, 2.75) is 0 Å². The number of hydrogen-bond acceptors (Lipinski definition) is 7. The van der Waals surface area contributed by atoms with Crippen molar-refractivity contribution in [3.63, 3.8) is 0 Å². The van der Waals surface area contributed by atoms with Crippen LogP contribution in [0.25, 0.3) is 11.1 Å². The van der Waals surface area contributed by atoms with Crippen LogP contribution < -0.4 is 0 Å². The molecule has 4 rings (SSSR count). The molecule has 0 radical (unpaired) electrons. The molecule has 0 atom stereocenters. The van der Waals surface area contributed by atoms with E-state index in [4.69, 9.17) is 9.84 Å². The van der Waals surface area contributed by atoms with Crippen molar-refractivity contribution in [3.05, 3.63) is 118 Å². The molecule has 0 amide bonds. The van der Waals surface area contributed by atoms with Gasteiger partial charge in [0.2, 0.25) is 11.8 Å². The maximum atomic E-state index is 11.9. The molecule has 0 saturated carbocycles. The first-order chi connectivity index (χ1) is 20.5. The quantitative estimate of drug-likeness (QED) is 0.0951. The first-order valence-electron chi connectivity index (χ1n) is 12.3. The van der Waals surface area contributed by atoms with E-state index in [0.29, 0.717) is 5.56 Å². The van der Waals surface area contributed by atoms with Crippen LogP contribution in [0.5, 0.6) is 0 Å². The zero-order valence-electron chi connectivity index (χ0n) is 22.3. The third-order valence-corrected chi connectivity index (χ3v) is 6.17. The molecule has 43 heavy (non-hydrogen) atoms. The number of aliphatic hydroxyl groups excluding tert-OH is 2. The highest BCUT2D eigenvalue weighted by atomic mass is 16.5. The lowest BCUT2D eigenvalue weighted by Crippen LogP contribution is -2.10. The Morgan fingerprint density at radius 1 is 0.535 bits per heavy atom. The van der Waals surface area contributed by atoms with E-state index in [1.807, 2.05) is 0 Å². The Morgan fingerprint density at radius 2 is 1.09 bits per heavy atom. The lowest BCUT2D eigenvalue weighted by Gasteiger charge is -2.12. The second-order valence-electron chi connectivity index (χ2n) is 8.90. The topological polar surface area (TPSA) is 203 Å². The van der Waals surface area contributed by atoms with E-state index in [1.54, 1.807) is 0 Å². The van der Waals surface area contributed by atoms with Crippen molar-refractivity contribution in [2.24, 2.45) is 9.98 Å². The van der Waals surface area contributed by atoms with Gasteiger partial charge in [-0.3, -0.25) is 0 Å². The number of carbonyl (C=O) groups is 4. The van der Waals surface area contributed by atoms with Crippen molar-refractivity contribution < 1.29 is 49.4 Å². The average Bonchev–Trinajstić information content (AvgIpc) is 3.00. The Kier molecular flexibility index (Phi) is 8.61. The summed E-state index contributed by atoms with van der Waals surface area (Å²) in [6, 6.07) is 19.2. The number of aliphatic imine (C=N–C) groups is 2. The summed E-state index contributed by atoms with van der Waals surface area (Å²) in [6.45, 7) is 0. The van der Waals surface area contributed by atoms with Gasteiger partial charge in [0.05, 0.1) is 40.7 Å². The molecule has 4 aromatic carbocycles. The number of carbonyl (C=O) groups excluding carboxylic acids is 1. The molecule has 12 nitrogen and oxygen atoms in total. The van der Waals surface area contributed by atoms with Gasteiger partial charge in [-0.05, 0) is 77.9 Å². The Hall–Kier alpha value is -6.30. The number of aliphatic hydroxyl groups is 2. The molecule has 0 bridgehead atoms. The van der Waals surface area contributed by atoms with Crippen molar-refractivity contribution >= 4 is 47.0 Å². The number of aromatic carboxylic acids is 3. The fraction of sp³-hybridized carbons (Fsp3) is 0.0323. The highest BCUT2D eigenvalue weighted by Gasteiger charge is 2.20. The molecular formula is C31H22N2O10. The van der Waals surface area contributed by atoms with Crippen molar-refractivity contribution in [1.82, 2.24) is 0 Å². The molecule has 0 spiro atoms. The van der Waals surface area contributed by atoms with E-state index in [0.717, 1.165) is 12.1 Å². The summed E-state index contributed by atoms with van der Waals surface area (Å²) in [5, 5.41) is 50.1. The summed E-state index contributed by atoms with van der Waals surface area (Å²) in [7, 11) is 1.22. The van der Waals surface area contributed by atoms with Crippen LogP contribution in [0.3, 0.4) is 0 Å². The fourth-order valence-electron chi connectivity index (χ4n) is 4.05. The van der Waals surface area contributed by atoms with Crippen LogP contribution in [0.2, 0.25) is 0 Å². The molecular weight excluding hydrogens is 560 g/mol. The minimum Gasteiger partial charge on any atom is -0.493 e. The van der Waals surface area contributed by atoms with Crippen LogP contribution in [0.15, 0.2) is 94.9 Å². The van der Waals surface area contributed by atoms with Gasteiger partial charge >= 0.3 is 23.9 Å². The van der Waals surface area contributed by atoms with Crippen molar-refractivity contribution in [3.8, 4) is 11.1 Å². The van der Waals surface area contributed by atoms with Gasteiger partial charge in [-0.1, -0.05) is 18.2 Å². The third kappa shape index (κ3) is 6.72. The largest absolute Gasteiger partial charge is 0.493 e. The summed E-state index contributed by atoms with van der Waals surface area (Å²) < 4.78 is 4.71. The Bertz CT molecular complexity index is 1830. The molecule has 4 aromatic rings. The minimum absolute atomic E-state index is 0.000804. The van der Waals surface area contributed by atoms with Crippen molar-refractivity contribution in [2.75, 3.05) is 7.11 Å². The number of esters is 1. The normalized spacial score (nSPS) is 11.6. The number of hydrogen-bond donors (Lipinski definition) is 5. The summed E-state index contributed by atoms with van der Waals surface area (Å²) >= 11 is 0. The zero-order valence-corrected chi connectivity index (χ0v) is 22.3.